The number of piperazine rings is 1. The molecular formula is C16H20N4O4S2. The molecule has 3 rings (SSSR count). The first-order chi connectivity index (χ1) is 12.4. The van der Waals surface area contributed by atoms with Gasteiger partial charge in [-0.3, -0.25) is 4.79 Å². The Morgan fingerprint density at radius 1 is 1.19 bits per heavy atom. The second-order valence-electron chi connectivity index (χ2n) is 5.79. The molecule has 0 saturated carbocycles. The Morgan fingerprint density at radius 3 is 2.38 bits per heavy atom. The molecule has 1 fully saturated rings. The molecule has 1 saturated heterocycles. The maximum atomic E-state index is 12.8. The predicted octanol–water partition coefficient (Wildman–Crippen LogP) is 1.39. The highest BCUT2D eigenvalue weighted by atomic mass is 32.2. The molecule has 0 spiro atoms. The number of rotatable bonds is 5. The molecule has 1 aliphatic rings. The van der Waals surface area contributed by atoms with Crippen molar-refractivity contribution in [2.24, 2.45) is 0 Å². The molecule has 0 unspecified atom stereocenters. The van der Waals surface area contributed by atoms with Gasteiger partial charge < -0.3 is 9.64 Å². The van der Waals surface area contributed by atoms with Gasteiger partial charge in [-0.15, -0.1) is 5.10 Å². The van der Waals surface area contributed by atoms with E-state index in [0.717, 1.165) is 11.5 Å². The van der Waals surface area contributed by atoms with Gasteiger partial charge >= 0.3 is 0 Å². The summed E-state index contributed by atoms with van der Waals surface area (Å²) in [7, 11) is -3.59. The largest absolute Gasteiger partial charge is 0.494 e. The van der Waals surface area contributed by atoms with Gasteiger partial charge in [-0.1, -0.05) is 4.49 Å². The van der Waals surface area contributed by atoms with Crippen LogP contribution in [0.15, 0.2) is 29.2 Å². The molecule has 1 aromatic heterocycles. The molecule has 0 N–H and O–H groups in total. The fourth-order valence-corrected chi connectivity index (χ4v) is 4.77. The Morgan fingerprint density at radius 2 is 1.85 bits per heavy atom. The lowest BCUT2D eigenvalue weighted by Gasteiger charge is -2.33. The van der Waals surface area contributed by atoms with Gasteiger partial charge in [-0.25, -0.2) is 8.42 Å². The Balaban J connectivity index is 1.67. The molecule has 0 atom stereocenters. The molecule has 26 heavy (non-hydrogen) atoms. The van der Waals surface area contributed by atoms with E-state index in [0.29, 0.717) is 36.0 Å². The van der Waals surface area contributed by atoms with Crippen molar-refractivity contribution in [3.05, 3.63) is 34.8 Å². The zero-order chi connectivity index (χ0) is 18.7. The van der Waals surface area contributed by atoms with Crippen molar-refractivity contribution in [2.75, 3.05) is 32.8 Å². The predicted molar refractivity (Wildman–Crippen MR) is 96.9 cm³/mol. The molecule has 2 aromatic rings. The smallest absolute Gasteiger partial charge is 0.267 e. The van der Waals surface area contributed by atoms with E-state index in [1.54, 1.807) is 36.1 Å². The van der Waals surface area contributed by atoms with Crippen molar-refractivity contribution in [3.63, 3.8) is 0 Å². The quantitative estimate of drug-likeness (QED) is 0.758. The van der Waals surface area contributed by atoms with Crippen LogP contribution in [0.4, 0.5) is 0 Å². The number of nitrogens with zero attached hydrogens (tertiary/aromatic N) is 4. The standard InChI is InChI=1S/C16H20N4O4S2/c1-3-24-13-4-6-14(7-5-13)26(22,23)20-10-8-19(9-11-20)16(21)15-12(2)17-18-25-15/h4-7H,3,8-11H2,1-2H3. The number of carbonyl (C=O) groups excluding carboxylic acids is 1. The number of hydrogen-bond acceptors (Lipinski definition) is 7. The van der Waals surface area contributed by atoms with Crippen LogP contribution in [0.2, 0.25) is 0 Å². The fourth-order valence-electron chi connectivity index (χ4n) is 2.73. The molecule has 8 nitrogen and oxygen atoms in total. The first kappa shape index (κ1) is 18.7. The van der Waals surface area contributed by atoms with Gasteiger partial charge in [0.25, 0.3) is 5.91 Å². The second-order valence-corrected chi connectivity index (χ2v) is 8.48. The third kappa shape index (κ3) is 3.71. The van der Waals surface area contributed by atoms with Crippen LogP contribution in [0, 0.1) is 6.92 Å². The van der Waals surface area contributed by atoms with E-state index in [1.807, 2.05) is 6.92 Å². The van der Waals surface area contributed by atoms with Crippen LogP contribution >= 0.6 is 11.5 Å². The molecule has 1 amide bonds. The summed E-state index contributed by atoms with van der Waals surface area (Å²) >= 11 is 1.06. The number of benzene rings is 1. The van der Waals surface area contributed by atoms with Crippen LogP contribution in [0.3, 0.4) is 0 Å². The van der Waals surface area contributed by atoms with Gasteiger partial charge in [0.2, 0.25) is 10.0 Å². The molecule has 0 bridgehead atoms. The van der Waals surface area contributed by atoms with Gasteiger partial charge in [0.05, 0.1) is 17.2 Å². The molecule has 10 heteroatoms. The SMILES string of the molecule is CCOc1ccc(S(=O)(=O)N2CCN(C(=O)c3snnc3C)CC2)cc1. The van der Waals surface area contributed by atoms with Crippen molar-refractivity contribution in [1.82, 2.24) is 18.8 Å². The lowest BCUT2D eigenvalue weighted by molar-refractivity contribution is 0.0702. The summed E-state index contributed by atoms with van der Waals surface area (Å²) in [6, 6.07) is 6.39. The maximum Gasteiger partial charge on any atom is 0.267 e. The average Bonchev–Trinajstić information content (AvgIpc) is 3.08. The number of ether oxygens (including phenoxy) is 1. The van der Waals surface area contributed by atoms with Crippen molar-refractivity contribution in [2.45, 2.75) is 18.7 Å². The highest BCUT2D eigenvalue weighted by molar-refractivity contribution is 7.89. The van der Waals surface area contributed by atoms with E-state index in [-0.39, 0.29) is 23.9 Å². The van der Waals surface area contributed by atoms with Gasteiger partial charge in [0.15, 0.2) is 0 Å². The van der Waals surface area contributed by atoms with E-state index in [2.05, 4.69) is 9.59 Å². The highest BCUT2D eigenvalue weighted by Crippen LogP contribution is 2.22. The highest BCUT2D eigenvalue weighted by Gasteiger charge is 2.31. The maximum absolute atomic E-state index is 12.8. The zero-order valence-corrected chi connectivity index (χ0v) is 16.2. The van der Waals surface area contributed by atoms with Crippen LogP contribution in [0.1, 0.15) is 22.3 Å². The second kappa shape index (κ2) is 7.68. The molecule has 1 aliphatic heterocycles. The molecule has 2 heterocycles. The average molecular weight is 396 g/mol. The number of carbonyl (C=O) groups is 1. The summed E-state index contributed by atoms with van der Waals surface area (Å²) in [6.45, 7) is 5.33. The Bertz CT molecular complexity index is 872. The summed E-state index contributed by atoms with van der Waals surface area (Å²) in [6.07, 6.45) is 0. The lowest BCUT2D eigenvalue weighted by Crippen LogP contribution is -2.50. The van der Waals surface area contributed by atoms with Crippen molar-refractivity contribution in [1.29, 1.82) is 0 Å². The van der Waals surface area contributed by atoms with E-state index >= 15 is 0 Å². The van der Waals surface area contributed by atoms with Crippen LogP contribution in [0.5, 0.6) is 5.75 Å². The summed E-state index contributed by atoms with van der Waals surface area (Å²) in [5, 5.41) is 3.85. The monoisotopic (exact) mass is 396 g/mol. The molecule has 0 aliphatic carbocycles. The molecule has 1 aromatic carbocycles. The Hall–Kier alpha value is -2.04. The minimum atomic E-state index is -3.59. The Kier molecular flexibility index (Phi) is 5.54. The summed E-state index contributed by atoms with van der Waals surface area (Å²) < 4.78 is 36.1. The van der Waals surface area contributed by atoms with Gasteiger partial charge in [0.1, 0.15) is 10.6 Å². The van der Waals surface area contributed by atoms with Crippen molar-refractivity contribution in [3.8, 4) is 5.75 Å². The molecule has 0 radical (unpaired) electrons. The number of aryl methyl sites for hydroxylation is 1. The minimum absolute atomic E-state index is 0.143. The van der Waals surface area contributed by atoms with Gasteiger partial charge in [-0.2, -0.15) is 4.31 Å². The van der Waals surface area contributed by atoms with Gasteiger partial charge in [-0.05, 0) is 49.6 Å². The van der Waals surface area contributed by atoms with Crippen molar-refractivity contribution >= 4 is 27.5 Å². The topological polar surface area (TPSA) is 92.7 Å². The van der Waals surface area contributed by atoms with Crippen LogP contribution in [-0.2, 0) is 10.0 Å². The van der Waals surface area contributed by atoms with Gasteiger partial charge in [0, 0.05) is 26.2 Å². The first-order valence-corrected chi connectivity index (χ1v) is 10.5. The summed E-state index contributed by atoms with van der Waals surface area (Å²) in [4.78, 5) is 14.9. The molecular weight excluding hydrogens is 376 g/mol. The van der Waals surface area contributed by atoms with E-state index in [4.69, 9.17) is 4.74 Å². The van der Waals surface area contributed by atoms with Crippen LogP contribution in [-0.4, -0.2) is 65.9 Å². The van der Waals surface area contributed by atoms with E-state index in [9.17, 15) is 13.2 Å². The zero-order valence-electron chi connectivity index (χ0n) is 14.6. The number of hydrogen-bond donors (Lipinski definition) is 0. The third-order valence-electron chi connectivity index (χ3n) is 4.14. The van der Waals surface area contributed by atoms with Crippen LogP contribution in [0.25, 0.3) is 0 Å². The van der Waals surface area contributed by atoms with Crippen LogP contribution < -0.4 is 4.74 Å². The normalized spacial score (nSPS) is 15.8. The summed E-state index contributed by atoms with van der Waals surface area (Å²) in [5.41, 5.74) is 0.601. The van der Waals surface area contributed by atoms with Crippen molar-refractivity contribution < 1.29 is 17.9 Å². The fraction of sp³-hybridized carbons (Fsp3) is 0.438. The number of aromatic nitrogens is 2. The number of amides is 1. The van der Waals surface area contributed by atoms with E-state index in [1.165, 1.54) is 4.31 Å². The minimum Gasteiger partial charge on any atom is -0.494 e. The molecule has 140 valence electrons. The van der Waals surface area contributed by atoms with E-state index < -0.39 is 10.0 Å². The first-order valence-electron chi connectivity index (χ1n) is 8.24. The summed E-state index contributed by atoms with van der Waals surface area (Å²) in [5.74, 6) is 0.492. The Labute approximate surface area is 156 Å². The number of sulfonamides is 1. The lowest BCUT2D eigenvalue weighted by atomic mass is 10.3. The third-order valence-corrected chi connectivity index (χ3v) is 6.87.